The van der Waals surface area contributed by atoms with E-state index in [1.165, 1.54) is 0 Å². The summed E-state index contributed by atoms with van der Waals surface area (Å²) < 4.78 is 0. The Kier molecular flexibility index (Phi) is 5.01. The molecular formula is C16H24N2O2. The van der Waals surface area contributed by atoms with E-state index in [1.54, 1.807) is 24.3 Å². The van der Waals surface area contributed by atoms with Crippen LogP contribution in [-0.2, 0) is 0 Å². The third-order valence-corrected chi connectivity index (χ3v) is 4.17. The highest BCUT2D eigenvalue weighted by atomic mass is 16.3. The van der Waals surface area contributed by atoms with Crippen LogP contribution in [0.3, 0.4) is 0 Å². The van der Waals surface area contributed by atoms with Crippen LogP contribution < -0.4 is 5.32 Å². The number of phenolic OH excluding ortho intramolecular Hbond substituents is 1. The van der Waals surface area contributed by atoms with Gasteiger partial charge in [0.05, 0.1) is 0 Å². The van der Waals surface area contributed by atoms with Crippen molar-refractivity contribution < 1.29 is 9.90 Å². The number of nitrogens with one attached hydrogen (secondary N) is 1. The van der Waals surface area contributed by atoms with Gasteiger partial charge in [-0.2, -0.15) is 0 Å². The lowest BCUT2D eigenvalue weighted by atomic mass is 9.90. The Hall–Kier alpha value is -1.55. The van der Waals surface area contributed by atoms with Crippen molar-refractivity contribution in [1.82, 2.24) is 10.2 Å². The number of benzene rings is 1. The summed E-state index contributed by atoms with van der Waals surface area (Å²) in [5, 5.41) is 12.8. The number of hydrogen-bond acceptors (Lipinski definition) is 3. The Bertz CT molecular complexity index is 436. The molecule has 4 nitrogen and oxygen atoms in total. The monoisotopic (exact) mass is 276 g/mol. The number of amides is 1. The average molecular weight is 276 g/mol. The molecule has 4 heteroatoms. The predicted molar refractivity (Wildman–Crippen MR) is 79.9 cm³/mol. The minimum Gasteiger partial charge on any atom is -0.508 e. The van der Waals surface area contributed by atoms with Crippen LogP contribution in [0.1, 0.15) is 43.0 Å². The topological polar surface area (TPSA) is 52.6 Å². The second-order valence-corrected chi connectivity index (χ2v) is 5.53. The van der Waals surface area contributed by atoms with E-state index in [0.29, 0.717) is 17.6 Å². The van der Waals surface area contributed by atoms with Gasteiger partial charge in [0.15, 0.2) is 0 Å². The lowest BCUT2D eigenvalue weighted by Gasteiger charge is -2.35. The van der Waals surface area contributed by atoms with Gasteiger partial charge in [-0.25, -0.2) is 0 Å². The second kappa shape index (κ2) is 6.75. The summed E-state index contributed by atoms with van der Waals surface area (Å²) in [4.78, 5) is 14.2. The predicted octanol–water partition coefficient (Wildman–Crippen LogP) is 2.38. The highest BCUT2D eigenvalue weighted by Gasteiger charge is 2.26. The molecule has 0 unspecified atom stereocenters. The van der Waals surface area contributed by atoms with E-state index in [0.717, 1.165) is 32.2 Å². The van der Waals surface area contributed by atoms with Gasteiger partial charge in [-0.15, -0.1) is 0 Å². The average Bonchev–Trinajstić information content (AvgIpc) is 2.48. The Balaban J connectivity index is 1.93. The molecule has 0 saturated heterocycles. The van der Waals surface area contributed by atoms with Gasteiger partial charge in [0.2, 0.25) is 0 Å². The summed E-state index contributed by atoms with van der Waals surface area (Å²) in [6.07, 6.45) is 4.37. The first kappa shape index (κ1) is 14.9. The summed E-state index contributed by atoms with van der Waals surface area (Å²) in [5.41, 5.74) is 0.638. The number of nitrogens with zero attached hydrogens (tertiary/aromatic N) is 1. The zero-order valence-electron chi connectivity index (χ0n) is 12.3. The normalized spacial score (nSPS) is 22.5. The zero-order valence-corrected chi connectivity index (χ0v) is 12.3. The van der Waals surface area contributed by atoms with Crippen molar-refractivity contribution in [3.05, 3.63) is 29.8 Å². The molecule has 1 aromatic rings. The summed E-state index contributed by atoms with van der Waals surface area (Å²) in [5.74, 6) is 0.229. The van der Waals surface area contributed by atoms with Crippen LogP contribution in [0.25, 0.3) is 0 Å². The Labute approximate surface area is 120 Å². The standard InChI is InChI=1S/C16H24N2O2/c1-3-17-13-6-8-14(9-7-13)18(2)16(20)12-4-10-15(19)11-5-12/h4-5,10-11,13-14,17,19H,3,6-9H2,1-2H3. The van der Waals surface area contributed by atoms with Gasteiger partial charge in [-0.1, -0.05) is 6.92 Å². The Morgan fingerprint density at radius 1 is 1.25 bits per heavy atom. The number of rotatable bonds is 4. The number of phenols is 1. The molecule has 1 fully saturated rings. The minimum absolute atomic E-state index is 0.0388. The lowest BCUT2D eigenvalue weighted by Crippen LogP contribution is -2.43. The van der Waals surface area contributed by atoms with Crippen LogP contribution in [0.4, 0.5) is 0 Å². The van der Waals surface area contributed by atoms with Crippen molar-refractivity contribution in [2.75, 3.05) is 13.6 Å². The Morgan fingerprint density at radius 2 is 1.85 bits per heavy atom. The molecule has 0 spiro atoms. The van der Waals surface area contributed by atoms with Crippen molar-refractivity contribution in [1.29, 1.82) is 0 Å². The molecular weight excluding hydrogens is 252 g/mol. The summed E-state index contributed by atoms with van der Waals surface area (Å²) >= 11 is 0. The maximum absolute atomic E-state index is 12.4. The molecule has 0 aromatic heterocycles. The fourth-order valence-corrected chi connectivity index (χ4v) is 2.93. The van der Waals surface area contributed by atoms with Gasteiger partial charge < -0.3 is 15.3 Å². The second-order valence-electron chi connectivity index (χ2n) is 5.53. The maximum Gasteiger partial charge on any atom is 0.253 e. The molecule has 2 rings (SSSR count). The third-order valence-electron chi connectivity index (χ3n) is 4.17. The molecule has 0 aliphatic heterocycles. The number of aromatic hydroxyl groups is 1. The van der Waals surface area contributed by atoms with Crippen LogP contribution in [0.15, 0.2) is 24.3 Å². The van der Waals surface area contributed by atoms with Gasteiger partial charge in [0.25, 0.3) is 5.91 Å². The van der Waals surface area contributed by atoms with E-state index < -0.39 is 0 Å². The van der Waals surface area contributed by atoms with E-state index >= 15 is 0 Å². The van der Waals surface area contributed by atoms with E-state index in [4.69, 9.17) is 0 Å². The van der Waals surface area contributed by atoms with Crippen molar-refractivity contribution in [3.63, 3.8) is 0 Å². The van der Waals surface area contributed by atoms with Crippen molar-refractivity contribution in [2.24, 2.45) is 0 Å². The first-order valence-corrected chi connectivity index (χ1v) is 7.41. The SMILES string of the molecule is CCNC1CCC(N(C)C(=O)c2ccc(O)cc2)CC1. The molecule has 1 amide bonds. The van der Waals surface area contributed by atoms with Gasteiger partial charge in [-0.3, -0.25) is 4.79 Å². The summed E-state index contributed by atoms with van der Waals surface area (Å²) in [6, 6.07) is 7.41. The smallest absolute Gasteiger partial charge is 0.253 e. The van der Waals surface area contributed by atoms with Crippen molar-refractivity contribution >= 4 is 5.91 Å². The molecule has 2 N–H and O–H groups in total. The number of carbonyl (C=O) groups is 1. The summed E-state index contributed by atoms with van der Waals surface area (Å²) in [7, 11) is 1.88. The molecule has 0 atom stereocenters. The molecule has 110 valence electrons. The van der Waals surface area contributed by atoms with E-state index in [1.807, 2.05) is 11.9 Å². The fourth-order valence-electron chi connectivity index (χ4n) is 2.93. The van der Waals surface area contributed by atoms with Crippen LogP contribution >= 0.6 is 0 Å². The van der Waals surface area contributed by atoms with Crippen molar-refractivity contribution in [2.45, 2.75) is 44.7 Å². The largest absolute Gasteiger partial charge is 0.508 e. The highest BCUT2D eigenvalue weighted by Crippen LogP contribution is 2.24. The van der Waals surface area contributed by atoms with Crippen LogP contribution in [0.5, 0.6) is 5.75 Å². The quantitative estimate of drug-likeness (QED) is 0.888. The first-order valence-electron chi connectivity index (χ1n) is 7.41. The number of hydrogen-bond donors (Lipinski definition) is 2. The van der Waals surface area contributed by atoms with E-state index in [-0.39, 0.29) is 11.7 Å². The lowest BCUT2D eigenvalue weighted by molar-refractivity contribution is 0.0684. The highest BCUT2D eigenvalue weighted by molar-refractivity contribution is 5.94. The molecule has 0 radical (unpaired) electrons. The molecule has 1 aromatic carbocycles. The van der Waals surface area contributed by atoms with Gasteiger partial charge >= 0.3 is 0 Å². The Morgan fingerprint density at radius 3 is 2.40 bits per heavy atom. The molecule has 1 aliphatic rings. The molecule has 0 heterocycles. The van der Waals surface area contributed by atoms with Gasteiger partial charge in [-0.05, 0) is 56.5 Å². The number of carbonyl (C=O) groups excluding carboxylic acids is 1. The van der Waals surface area contributed by atoms with Crippen LogP contribution in [-0.4, -0.2) is 41.6 Å². The minimum atomic E-state index is 0.0388. The van der Waals surface area contributed by atoms with Gasteiger partial charge in [0, 0.05) is 24.7 Å². The molecule has 0 bridgehead atoms. The van der Waals surface area contributed by atoms with Crippen LogP contribution in [0.2, 0.25) is 0 Å². The summed E-state index contributed by atoms with van der Waals surface area (Å²) in [6.45, 7) is 3.14. The van der Waals surface area contributed by atoms with Crippen molar-refractivity contribution in [3.8, 4) is 5.75 Å². The molecule has 20 heavy (non-hydrogen) atoms. The zero-order chi connectivity index (χ0) is 14.5. The molecule has 1 saturated carbocycles. The van der Waals surface area contributed by atoms with Gasteiger partial charge in [0.1, 0.15) is 5.75 Å². The maximum atomic E-state index is 12.4. The first-order chi connectivity index (χ1) is 9.61. The third kappa shape index (κ3) is 3.51. The molecule has 1 aliphatic carbocycles. The van der Waals surface area contributed by atoms with E-state index in [9.17, 15) is 9.90 Å². The van der Waals surface area contributed by atoms with E-state index in [2.05, 4.69) is 12.2 Å². The van der Waals surface area contributed by atoms with Crippen LogP contribution in [0, 0.1) is 0 Å². The fraction of sp³-hybridized carbons (Fsp3) is 0.562.